The minimum absolute atomic E-state index is 0.0668. The highest BCUT2D eigenvalue weighted by Crippen LogP contribution is 2.20. The second-order valence-corrected chi connectivity index (χ2v) is 6.21. The molecule has 2 aromatic carbocycles. The molecule has 0 atom stereocenters. The van der Waals surface area contributed by atoms with E-state index in [1.807, 2.05) is 4.90 Å². The maximum atomic E-state index is 13.9. The fourth-order valence-electron chi connectivity index (χ4n) is 3.11. The Kier molecular flexibility index (Phi) is 5.90. The molecule has 1 amide bonds. The Balaban J connectivity index is 1.55. The number of carbonyl (C=O) groups is 2. The molecule has 0 spiro atoms. The number of ether oxygens (including phenoxy) is 1. The van der Waals surface area contributed by atoms with Gasteiger partial charge in [-0.25, -0.2) is 9.18 Å². The van der Waals surface area contributed by atoms with Gasteiger partial charge in [0.25, 0.3) is 0 Å². The quantitative estimate of drug-likeness (QED) is 0.818. The SMILES string of the molecule is COC(=O)c1ccccc1NCC(=O)N1CCN(c2ccccc2F)CC1. The average Bonchev–Trinajstić information content (AvgIpc) is 2.72. The van der Waals surface area contributed by atoms with Gasteiger partial charge in [0.2, 0.25) is 5.91 Å². The molecule has 0 radical (unpaired) electrons. The maximum Gasteiger partial charge on any atom is 0.339 e. The van der Waals surface area contributed by atoms with Gasteiger partial charge in [0.15, 0.2) is 0 Å². The first-order chi connectivity index (χ1) is 13.1. The number of carbonyl (C=O) groups excluding carboxylic acids is 2. The van der Waals surface area contributed by atoms with Gasteiger partial charge in [-0.2, -0.15) is 0 Å². The Morgan fingerprint density at radius 2 is 1.70 bits per heavy atom. The molecule has 0 bridgehead atoms. The van der Waals surface area contributed by atoms with Crippen molar-refractivity contribution in [1.29, 1.82) is 0 Å². The van der Waals surface area contributed by atoms with Crippen molar-refractivity contribution in [2.75, 3.05) is 50.1 Å². The molecule has 27 heavy (non-hydrogen) atoms. The van der Waals surface area contributed by atoms with Crippen LogP contribution in [0.15, 0.2) is 48.5 Å². The molecule has 0 aromatic heterocycles. The molecule has 3 rings (SSSR count). The van der Waals surface area contributed by atoms with Gasteiger partial charge in [0, 0.05) is 31.9 Å². The lowest BCUT2D eigenvalue weighted by molar-refractivity contribution is -0.129. The van der Waals surface area contributed by atoms with Gasteiger partial charge in [-0.1, -0.05) is 24.3 Å². The van der Waals surface area contributed by atoms with E-state index in [9.17, 15) is 14.0 Å². The average molecular weight is 371 g/mol. The number of nitrogens with one attached hydrogen (secondary N) is 1. The van der Waals surface area contributed by atoms with Gasteiger partial charge in [-0.15, -0.1) is 0 Å². The summed E-state index contributed by atoms with van der Waals surface area (Å²) < 4.78 is 18.7. The molecule has 1 N–H and O–H groups in total. The van der Waals surface area contributed by atoms with Crippen molar-refractivity contribution < 1.29 is 18.7 Å². The van der Waals surface area contributed by atoms with Crippen LogP contribution in [0.25, 0.3) is 0 Å². The number of halogens is 1. The van der Waals surface area contributed by atoms with Crippen molar-refractivity contribution in [2.24, 2.45) is 0 Å². The third-order valence-electron chi connectivity index (χ3n) is 4.59. The second kappa shape index (κ2) is 8.53. The van der Waals surface area contributed by atoms with Crippen molar-refractivity contribution in [3.8, 4) is 0 Å². The number of benzene rings is 2. The Labute approximate surface area is 157 Å². The highest BCUT2D eigenvalue weighted by molar-refractivity contribution is 5.96. The van der Waals surface area contributed by atoms with Gasteiger partial charge in [0.1, 0.15) is 5.82 Å². The van der Waals surface area contributed by atoms with Gasteiger partial charge in [-0.3, -0.25) is 4.79 Å². The summed E-state index contributed by atoms with van der Waals surface area (Å²) in [6.07, 6.45) is 0. The van der Waals surface area contributed by atoms with Crippen molar-refractivity contribution in [2.45, 2.75) is 0 Å². The standard InChI is InChI=1S/C20H22FN3O3/c1-27-20(26)15-6-2-4-8-17(15)22-14-19(25)24-12-10-23(11-13-24)18-9-5-3-7-16(18)21/h2-9,22H,10-14H2,1H3. The van der Waals surface area contributed by atoms with E-state index in [1.54, 1.807) is 47.4 Å². The zero-order chi connectivity index (χ0) is 19.2. The van der Waals surface area contributed by atoms with Crippen molar-refractivity contribution >= 4 is 23.3 Å². The highest BCUT2D eigenvalue weighted by Gasteiger charge is 2.22. The van der Waals surface area contributed by atoms with Crippen LogP contribution >= 0.6 is 0 Å². The van der Waals surface area contributed by atoms with E-state index in [1.165, 1.54) is 13.2 Å². The number of methoxy groups -OCH3 is 1. The number of anilines is 2. The smallest absolute Gasteiger partial charge is 0.339 e. The molecule has 6 nitrogen and oxygen atoms in total. The first-order valence-electron chi connectivity index (χ1n) is 8.78. The van der Waals surface area contributed by atoms with Crippen LogP contribution in [0.5, 0.6) is 0 Å². The topological polar surface area (TPSA) is 61.9 Å². The molecule has 0 unspecified atom stereocenters. The summed E-state index contributed by atoms with van der Waals surface area (Å²) in [5.74, 6) is -0.773. The van der Waals surface area contributed by atoms with Crippen LogP contribution in [0.3, 0.4) is 0 Å². The predicted molar refractivity (Wildman–Crippen MR) is 101 cm³/mol. The molecule has 1 heterocycles. The van der Waals surface area contributed by atoms with Gasteiger partial charge in [0.05, 0.1) is 24.9 Å². The van der Waals surface area contributed by atoms with E-state index in [2.05, 4.69) is 5.32 Å². The number of amides is 1. The van der Waals surface area contributed by atoms with Crippen LogP contribution in [0, 0.1) is 5.82 Å². The Morgan fingerprint density at radius 3 is 2.41 bits per heavy atom. The molecule has 142 valence electrons. The summed E-state index contributed by atoms with van der Waals surface area (Å²) in [7, 11) is 1.32. The molecule has 1 aliphatic rings. The fraction of sp³-hybridized carbons (Fsp3) is 0.300. The monoisotopic (exact) mass is 371 g/mol. The number of rotatable bonds is 5. The van der Waals surface area contributed by atoms with Crippen LogP contribution in [0.4, 0.5) is 15.8 Å². The molecule has 2 aromatic rings. The van der Waals surface area contributed by atoms with Crippen molar-refractivity contribution in [3.63, 3.8) is 0 Å². The third-order valence-corrected chi connectivity index (χ3v) is 4.59. The highest BCUT2D eigenvalue weighted by atomic mass is 19.1. The summed E-state index contributed by atoms with van der Waals surface area (Å²) in [6, 6.07) is 13.6. The number of hydrogen-bond donors (Lipinski definition) is 1. The summed E-state index contributed by atoms with van der Waals surface area (Å²) in [4.78, 5) is 28.0. The van der Waals surface area contributed by atoms with Crippen molar-refractivity contribution in [1.82, 2.24) is 4.90 Å². The number of hydrogen-bond acceptors (Lipinski definition) is 5. The van der Waals surface area contributed by atoms with E-state index in [0.717, 1.165) is 0 Å². The van der Waals surface area contributed by atoms with Gasteiger partial charge >= 0.3 is 5.97 Å². The minimum atomic E-state index is -0.455. The Morgan fingerprint density at radius 1 is 1.04 bits per heavy atom. The van der Waals surface area contributed by atoms with Gasteiger partial charge < -0.3 is 19.9 Å². The number of esters is 1. The maximum absolute atomic E-state index is 13.9. The van der Waals surface area contributed by atoms with Gasteiger partial charge in [-0.05, 0) is 24.3 Å². The van der Waals surface area contributed by atoms with E-state index in [4.69, 9.17) is 4.74 Å². The van der Waals surface area contributed by atoms with E-state index < -0.39 is 5.97 Å². The van der Waals surface area contributed by atoms with E-state index >= 15 is 0 Å². The molecule has 7 heteroatoms. The normalized spacial score (nSPS) is 14.0. The van der Waals surface area contributed by atoms with E-state index in [-0.39, 0.29) is 18.3 Å². The van der Waals surface area contributed by atoms with Crippen LogP contribution < -0.4 is 10.2 Å². The van der Waals surface area contributed by atoms with Crippen LogP contribution in [-0.2, 0) is 9.53 Å². The lowest BCUT2D eigenvalue weighted by Gasteiger charge is -2.36. The molecule has 0 saturated carbocycles. The first-order valence-corrected chi connectivity index (χ1v) is 8.78. The van der Waals surface area contributed by atoms with Crippen LogP contribution in [0.1, 0.15) is 10.4 Å². The molecular weight excluding hydrogens is 349 g/mol. The zero-order valence-corrected chi connectivity index (χ0v) is 15.2. The molecule has 0 aliphatic carbocycles. The number of para-hydroxylation sites is 2. The molecular formula is C20H22FN3O3. The Hall–Kier alpha value is -3.09. The minimum Gasteiger partial charge on any atom is -0.465 e. The zero-order valence-electron chi connectivity index (χ0n) is 15.2. The van der Waals surface area contributed by atoms with Crippen LogP contribution in [-0.4, -0.2) is 56.6 Å². The summed E-state index contributed by atoms with van der Waals surface area (Å²) in [6.45, 7) is 2.27. The third kappa shape index (κ3) is 4.36. The summed E-state index contributed by atoms with van der Waals surface area (Å²) in [5, 5.41) is 3.01. The largest absolute Gasteiger partial charge is 0.465 e. The lowest BCUT2D eigenvalue weighted by atomic mass is 10.2. The Bertz CT molecular complexity index is 820. The van der Waals surface area contributed by atoms with E-state index in [0.29, 0.717) is 43.1 Å². The lowest BCUT2D eigenvalue weighted by Crippen LogP contribution is -2.50. The number of nitrogens with zero attached hydrogens (tertiary/aromatic N) is 2. The second-order valence-electron chi connectivity index (χ2n) is 6.21. The summed E-state index contributed by atoms with van der Waals surface area (Å²) in [5.41, 5.74) is 1.51. The molecule has 1 saturated heterocycles. The fourth-order valence-corrected chi connectivity index (χ4v) is 3.11. The molecule has 1 aliphatic heterocycles. The summed E-state index contributed by atoms with van der Waals surface area (Å²) >= 11 is 0. The first kappa shape index (κ1) is 18.7. The molecule has 1 fully saturated rings. The van der Waals surface area contributed by atoms with Crippen LogP contribution in [0.2, 0.25) is 0 Å². The predicted octanol–water partition coefficient (Wildman–Crippen LogP) is 2.37. The van der Waals surface area contributed by atoms with Crippen molar-refractivity contribution in [3.05, 3.63) is 59.9 Å². The number of piperazine rings is 1.